The maximum Gasteiger partial charge on any atom is 0.270 e. The van der Waals surface area contributed by atoms with Gasteiger partial charge in [0.2, 0.25) is 0 Å². The number of benzene rings is 2. The fourth-order valence-electron chi connectivity index (χ4n) is 3.16. The van der Waals surface area contributed by atoms with E-state index >= 15 is 0 Å². The lowest BCUT2D eigenvalue weighted by molar-refractivity contribution is -0.120. The van der Waals surface area contributed by atoms with Gasteiger partial charge >= 0.3 is 0 Å². The van der Waals surface area contributed by atoms with Gasteiger partial charge in [0.05, 0.1) is 12.6 Å². The third-order valence-corrected chi connectivity index (χ3v) is 5.33. The van der Waals surface area contributed by atoms with Crippen molar-refractivity contribution >= 4 is 23.6 Å². The van der Waals surface area contributed by atoms with E-state index < -0.39 is 17.4 Å². The summed E-state index contributed by atoms with van der Waals surface area (Å²) in [6.45, 7) is 7.32. The molecule has 0 heterocycles. The second-order valence-corrected chi connectivity index (χ2v) is 9.17. The van der Waals surface area contributed by atoms with Crippen LogP contribution >= 0.6 is 0 Å². The minimum atomic E-state index is -0.734. The summed E-state index contributed by atoms with van der Waals surface area (Å²) in [6, 6.07) is 10.5. The van der Waals surface area contributed by atoms with Crippen molar-refractivity contribution in [2.75, 3.05) is 25.5 Å². The van der Waals surface area contributed by atoms with Crippen LogP contribution in [0.25, 0.3) is 0 Å². The number of hydrogen-bond acceptors (Lipinski definition) is 6. The first-order chi connectivity index (χ1) is 16.2. The van der Waals surface area contributed by atoms with E-state index in [0.29, 0.717) is 36.4 Å². The van der Waals surface area contributed by atoms with Gasteiger partial charge in [0.15, 0.2) is 0 Å². The molecule has 8 heteroatoms. The molecule has 1 unspecified atom stereocenters. The summed E-state index contributed by atoms with van der Waals surface area (Å²) in [5.74, 6) is -0.419. The van der Waals surface area contributed by atoms with Crippen LogP contribution in [0.1, 0.15) is 44.7 Å². The Morgan fingerprint density at radius 1 is 1.15 bits per heavy atom. The van der Waals surface area contributed by atoms with Crippen molar-refractivity contribution in [2.24, 2.45) is 5.41 Å². The molecule has 2 aromatic rings. The van der Waals surface area contributed by atoms with Gasteiger partial charge in [-0.15, -0.1) is 0 Å². The van der Waals surface area contributed by atoms with Crippen LogP contribution in [0.15, 0.2) is 42.5 Å². The van der Waals surface area contributed by atoms with Gasteiger partial charge in [-0.25, -0.2) is 4.39 Å². The molecule has 34 heavy (non-hydrogen) atoms. The molecular formula is C26H35FN4O3. The van der Waals surface area contributed by atoms with Gasteiger partial charge < -0.3 is 25.5 Å². The number of unbranched alkanes of at least 4 members (excludes halogenated alkanes) is 1. The molecule has 0 fully saturated rings. The topological polar surface area (TPSA) is 103 Å². The number of rotatable bonds is 13. The molecule has 0 spiro atoms. The number of nitrogens with one attached hydrogen (secondary N) is 4. The van der Waals surface area contributed by atoms with Gasteiger partial charge in [0, 0.05) is 17.8 Å². The molecule has 0 aromatic heterocycles. The number of aldehydes is 1. The van der Waals surface area contributed by atoms with E-state index in [0.717, 1.165) is 24.9 Å². The number of ether oxygens (including phenoxy) is 1. The van der Waals surface area contributed by atoms with Gasteiger partial charge in [0.1, 0.15) is 23.6 Å². The van der Waals surface area contributed by atoms with Crippen LogP contribution in [0, 0.1) is 16.6 Å². The molecular weight excluding hydrogens is 435 g/mol. The smallest absolute Gasteiger partial charge is 0.270 e. The van der Waals surface area contributed by atoms with Crippen molar-refractivity contribution in [1.29, 1.82) is 5.41 Å². The predicted molar refractivity (Wildman–Crippen MR) is 133 cm³/mol. The van der Waals surface area contributed by atoms with Gasteiger partial charge in [-0.3, -0.25) is 10.2 Å². The predicted octanol–water partition coefficient (Wildman–Crippen LogP) is 3.91. The highest BCUT2D eigenvalue weighted by molar-refractivity contribution is 6.45. The number of anilines is 1. The Bertz CT molecular complexity index is 971. The second kappa shape index (κ2) is 12.8. The molecule has 7 nitrogen and oxygen atoms in total. The molecule has 184 valence electrons. The molecule has 0 bridgehead atoms. The summed E-state index contributed by atoms with van der Waals surface area (Å²) >= 11 is 0. The first kappa shape index (κ1) is 27.0. The summed E-state index contributed by atoms with van der Waals surface area (Å²) in [5.41, 5.74) is 0.997. The van der Waals surface area contributed by atoms with E-state index in [2.05, 4.69) is 16.0 Å². The number of carbonyl (C=O) groups is 2. The standard InChI is InChI=1S/C26H35FN4O3/c1-26(2,3)23(17-32)31-25(33)24(28)21-15-20(34-14-6-5-13-29-4)11-12-22(21)30-16-18-7-9-19(27)10-8-18/h7-12,15,17,23,28-30H,5-6,13-14,16H2,1-4H3,(H,31,33). The van der Waals surface area contributed by atoms with Crippen molar-refractivity contribution in [2.45, 2.75) is 46.2 Å². The maximum absolute atomic E-state index is 13.2. The maximum atomic E-state index is 13.2. The Kier molecular flexibility index (Phi) is 10.2. The molecule has 0 saturated carbocycles. The molecule has 1 amide bonds. The SMILES string of the molecule is CNCCCCOc1ccc(NCc2ccc(F)cc2)c(C(=N)C(=O)NC(C=O)C(C)(C)C)c1. The lowest BCUT2D eigenvalue weighted by Gasteiger charge is -2.27. The summed E-state index contributed by atoms with van der Waals surface area (Å²) in [7, 11) is 1.90. The third kappa shape index (κ3) is 8.26. The molecule has 2 aromatic carbocycles. The fraction of sp³-hybridized carbons (Fsp3) is 0.423. The zero-order valence-corrected chi connectivity index (χ0v) is 20.3. The van der Waals surface area contributed by atoms with Crippen LogP contribution in [0.3, 0.4) is 0 Å². The average Bonchev–Trinajstić information content (AvgIpc) is 2.81. The van der Waals surface area contributed by atoms with Crippen LogP contribution in [0.5, 0.6) is 5.75 Å². The van der Waals surface area contributed by atoms with Crippen molar-refractivity contribution < 1.29 is 18.7 Å². The Morgan fingerprint density at radius 3 is 2.47 bits per heavy atom. The Labute approximate surface area is 201 Å². The summed E-state index contributed by atoms with van der Waals surface area (Å²) in [6.07, 6.45) is 2.52. The summed E-state index contributed by atoms with van der Waals surface area (Å²) < 4.78 is 19.0. The van der Waals surface area contributed by atoms with Crippen LogP contribution in [0.4, 0.5) is 10.1 Å². The lowest BCUT2D eigenvalue weighted by atomic mass is 9.87. The first-order valence-corrected chi connectivity index (χ1v) is 11.4. The van der Waals surface area contributed by atoms with E-state index in [1.54, 1.807) is 30.3 Å². The van der Waals surface area contributed by atoms with E-state index in [1.165, 1.54) is 12.1 Å². The normalized spacial score (nSPS) is 12.0. The minimum Gasteiger partial charge on any atom is -0.494 e. The van der Waals surface area contributed by atoms with Gasteiger partial charge in [-0.1, -0.05) is 32.9 Å². The van der Waals surface area contributed by atoms with Gasteiger partial charge in [-0.05, 0) is 67.7 Å². The van der Waals surface area contributed by atoms with E-state index in [1.807, 2.05) is 27.8 Å². The third-order valence-electron chi connectivity index (χ3n) is 5.33. The lowest BCUT2D eigenvalue weighted by Crippen LogP contribution is -2.47. The van der Waals surface area contributed by atoms with Gasteiger partial charge in [0.25, 0.3) is 5.91 Å². The van der Waals surface area contributed by atoms with E-state index in [9.17, 15) is 14.0 Å². The molecule has 0 aliphatic carbocycles. The molecule has 4 N–H and O–H groups in total. The zero-order chi connectivity index (χ0) is 25.1. The summed E-state index contributed by atoms with van der Waals surface area (Å²) in [4.78, 5) is 24.4. The van der Waals surface area contributed by atoms with Crippen LogP contribution in [0.2, 0.25) is 0 Å². The second-order valence-electron chi connectivity index (χ2n) is 9.17. The number of carbonyl (C=O) groups excluding carboxylic acids is 2. The monoisotopic (exact) mass is 470 g/mol. The van der Waals surface area contributed by atoms with Crippen molar-refractivity contribution in [1.82, 2.24) is 10.6 Å². The average molecular weight is 471 g/mol. The molecule has 1 atom stereocenters. The van der Waals surface area contributed by atoms with Crippen LogP contribution in [-0.2, 0) is 16.1 Å². The van der Waals surface area contributed by atoms with Crippen molar-refractivity contribution in [3.8, 4) is 5.75 Å². The van der Waals surface area contributed by atoms with Crippen LogP contribution in [-0.4, -0.2) is 44.1 Å². The van der Waals surface area contributed by atoms with Gasteiger partial charge in [-0.2, -0.15) is 0 Å². The Morgan fingerprint density at radius 2 is 1.85 bits per heavy atom. The Hall–Kier alpha value is -3.26. The molecule has 2 rings (SSSR count). The van der Waals surface area contributed by atoms with Crippen molar-refractivity contribution in [3.05, 3.63) is 59.4 Å². The highest BCUT2D eigenvalue weighted by atomic mass is 19.1. The van der Waals surface area contributed by atoms with Crippen LogP contribution < -0.4 is 20.7 Å². The Balaban J connectivity index is 2.22. The molecule has 0 aliphatic heterocycles. The largest absolute Gasteiger partial charge is 0.494 e. The molecule has 0 aliphatic rings. The highest BCUT2D eigenvalue weighted by Gasteiger charge is 2.28. The number of amides is 1. The number of halogens is 1. The number of hydrogen-bond donors (Lipinski definition) is 4. The molecule has 0 radical (unpaired) electrons. The zero-order valence-electron chi connectivity index (χ0n) is 20.3. The molecule has 0 saturated heterocycles. The van der Waals surface area contributed by atoms with E-state index in [4.69, 9.17) is 10.1 Å². The highest BCUT2D eigenvalue weighted by Crippen LogP contribution is 2.25. The quantitative estimate of drug-likeness (QED) is 0.202. The first-order valence-electron chi connectivity index (χ1n) is 11.4. The van der Waals surface area contributed by atoms with Crippen molar-refractivity contribution in [3.63, 3.8) is 0 Å². The minimum absolute atomic E-state index is 0.279. The summed E-state index contributed by atoms with van der Waals surface area (Å²) in [5, 5.41) is 17.5. The van der Waals surface area contributed by atoms with E-state index in [-0.39, 0.29) is 11.5 Å². The fourth-order valence-corrected chi connectivity index (χ4v) is 3.16.